The van der Waals surface area contributed by atoms with Gasteiger partial charge in [0, 0.05) is 76.9 Å². The molecule has 0 unspecified atom stereocenters. The van der Waals surface area contributed by atoms with Gasteiger partial charge in [0.1, 0.15) is 6.04 Å². The molecular formula is C36H39Cl2N5O3. The molecule has 3 amide bonds. The second-order valence-electron chi connectivity index (χ2n) is 12.8. The van der Waals surface area contributed by atoms with Crippen LogP contribution in [-0.4, -0.2) is 78.8 Å². The Hall–Kier alpha value is -3.85. The van der Waals surface area contributed by atoms with Gasteiger partial charge in [-0.3, -0.25) is 14.4 Å². The van der Waals surface area contributed by atoms with Gasteiger partial charge >= 0.3 is 0 Å². The Morgan fingerprint density at radius 3 is 2.43 bits per heavy atom. The third-order valence-electron chi connectivity index (χ3n) is 9.13. The van der Waals surface area contributed by atoms with Crippen LogP contribution in [0.4, 0.5) is 5.69 Å². The Morgan fingerprint density at radius 2 is 1.70 bits per heavy atom. The molecule has 4 aromatic rings. The van der Waals surface area contributed by atoms with Gasteiger partial charge in [-0.1, -0.05) is 41.4 Å². The SMILES string of the molecule is CN(C)C[C@H]1Cc2cc(Cl)ccc2N(C(=O)[C@@H](Cc2c[nH]c3ccccc23)NC(=O)C2CCN(C(=O)c3ccc(Cl)cc3)CC2)C1. The van der Waals surface area contributed by atoms with Gasteiger partial charge in [0.15, 0.2) is 0 Å². The third-order valence-corrected chi connectivity index (χ3v) is 9.62. The van der Waals surface area contributed by atoms with Crippen LogP contribution in [0.5, 0.6) is 0 Å². The van der Waals surface area contributed by atoms with Crippen LogP contribution < -0.4 is 10.2 Å². The van der Waals surface area contributed by atoms with Gasteiger partial charge < -0.3 is 25.0 Å². The maximum atomic E-state index is 14.6. The van der Waals surface area contributed by atoms with E-state index < -0.39 is 6.04 Å². The summed E-state index contributed by atoms with van der Waals surface area (Å²) in [7, 11) is 4.07. The van der Waals surface area contributed by atoms with E-state index in [1.165, 1.54) is 0 Å². The van der Waals surface area contributed by atoms with E-state index in [1.54, 1.807) is 29.2 Å². The first-order valence-electron chi connectivity index (χ1n) is 15.8. The first-order chi connectivity index (χ1) is 22.2. The lowest BCUT2D eigenvalue weighted by atomic mass is 9.90. The third kappa shape index (κ3) is 7.09. The number of amides is 3. The fraction of sp³-hybridized carbons (Fsp3) is 0.361. The molecule has 3 heterocycles. The van der Waals surface area contributed by atoms with Crippen LogP contribution in [-0.2, 0) is 22.4 Å². The number of rotatable bonds is 8. The summed E-state index contributed by atoms with van der Waals surface area (Å²) in [5.41, 5.74) is 4.41. The van der Waals surface area contributed by atoms with E-state index >= 15 is 0 Å². The number of anilines is 1. The summed E-state index contributed by atoms with van der Waals surface area (Å²) in [6.45, 7) is 2.31. The van der Waals surface area contributed by atoms with Crippen LogP contribution in [0.2, 0.25) is 10.0 Å². The number of carbonyl (C=O) groups is 3. The van der Waals surface area contributed by atoms with Crippen molar-refractivity contribution in [1.29, 1.82) is 0 Å². The summed E-state index contributed by atoms with van der Waals surface area (Å²) in [5, 5.41) is 5.41. The number of hydrogen-bond acceptors (Lipinski definition) is 4. The predicted molar refractivity (Wildman–Crippen MR) is 184 cm³/mol. The Balaban J connectivity index is 1.22. The molecule has 10 heteroatoms. The zero-order valence-corrected chi connectivity index (χ0v) is 27.7. The summed E-state index contributed by atoms with van der Waals surface area (Å²) < 4.78 is 0. The van der Waals surface area contributed by atoms with Gasteiger partial charge in [0.2, 0.25) is 11.8 Å². The van der Waals surface area contributed by atoms with Crippen molar-refractivity contribution in [3.05, 3.63) is 99.7 Å². The first-order valence-corrected chi connectivity index (χ1v) is 16.6. The summed E-state index contributed by atoms with van der Waals surface area (Å²) in [4.78, 5) is 50.5. The van der Waals surface area contributed by atoms with Crippen LogP contribution in [0.3, 0.4) is 0 Å². The number of nitrogens with one attached hydrogen (secondary N) is 2. The van der Waals surface area contributed by atoms with Crippen molar-refractivity contribution in [3.8, 4) is 0 Å². The van der Waals surface area contributed by atoms with Gasteiger partial charge in [-0.05, 0) is 98.9 Å². The van der Waals surface area contributed by atoms with Crippen molar-refractivity contribution in [1.82, 2.24) is 20.1 Å². The quantitative estimate of drug-likeness (QED) is 0.249. The van der Waals surface area contributed by atoms with Crippen molar-refractivity contribution < 1.29 is 14.4 Å². The second-order valence-corrected chi connectivity index (χ2v) is 13.6. The van der Waals surface area contributed by atoms with E-state index in [4.69, 9.17) is 23.2 Å². The highest BCUT2D eigenvalue weighted by atomic mass is 35.5. The van der Waals surface area contributed by atoms with Crippen molar-refractivity contribution in [2.45, 2.75) is 31.7 Å². The van der Waals surface area contributed by atoms with Gasteiger partial charge in [0.05, 0.1) is 0 Å². The molecule has 6 rings (SSSR count). The van der Waals surface area contributed by atoms with E-state index in [0.29, 0.717) is 54.5 Å². The molecule has 2 atom stereocenters. The smallest absolute Gasteiger partial charge is 0.253 e. The number of piperidine rings is 1. The van der Waals surface area contributed by atoms with E-state index in [1.807, 2.05) is 67.7 Å². The van der Waals surface area contributed by atoms with E-state index in [9.17, 15) is 14.4 Å². The molecule has 0 saturated carbocycles. The number of benzene rings is 3. The van der Waals surface area contributed by atoms with Gasteiger partial charge in [-0.15, -0.1) is 0 Å². The fourth-order valence-corrected chi connectivity index (χ4v) is 7.20. The minimum absolute atomic E-state index is 0.0703. The minimum atomic E-state index is -0.776. The highest BCUT2D eigenvalue weighted by Crippen LogP contribution is 2.33. The highest BCUT2D eigenvalue weighted by Gasteiger charge is 2.36. The number of H-pyrrole nitrogens is 1. The Labute approximate surface area is 279 Å². The lowest BCUT2D eigenvalue weighted by molar-refractivity contribution is -0.131. The van der Waals surface area contributed by atoms with Crippen molar-refractivity contribution >= 4 is 57.5 Å². The zero-order chi connectivity index (χ0) is 32.4. The lowest BCUT2D eigenvalue weighted by Crippen LogP contribution is -2.54. The van der Waals surface area contributed by atoms with Crippen molar-refractivity contribution in [2.75, 3.05) is 45.2 Å². The standard InChI is InChI=1S/C36H39Cl2N5O3/c1-41(2)21-23-17-26-18-29(38)11-12-33(26)43(22-23)36(46)32(19-27-20-39-31-6-4-3-5-30(27)31)40-34(44)24-13-15-42(16-14-24)35(45)25-7-9-28(37)10-8-25/h3-12,18,20,23-24,32,39H,13-17,19,21-22H2,1-2H3,(H,40,44)/t23-,32-/m1/s1. The molecule has 0 radical (unpaired) electrons. The summed E-state index contributed by atoms with van der Waals surface area (Å²) in [6.07, 6.45) is 4.14. The maximum absolute atomic E-state index is 14.6. The molecule has 3 aromatic carbocycles. The molecule has 0 spiro atoms. The average Bonchev–Trinajstić information content (AvgIpc) is 3.46. The number of aromatic nitrogens is 1. The van der Waals surface area contributed by atoms with Crippen molar-refractivity contribution in [3.63, 3.8) is 0 Å². The van der Waals surface area contributed by atoms with Crippen LogP contribution in [0, 0.1) is 11.8 Å². The van der Waals surface area contributed by atoms with Gasteiger partial charge in [-0.2, -0.15) is 0 Å². The largest absolute Gasteiger partial charge is 0.361 e. The Morgan fingerprint density at radius 1 is 0.978 bits per heavy atom. The summed E-state index contributed by atoms with van der Waals surface area (Å²) in [6, 6.07) is 19.7. The number of aromatic amines is 1. The van der Waals surface area contributed by atoms with Gasteiger partial charge in [0.25, 0.3) is 5.91 Å². The predicted octanol–water partition coefficient (Wildman–Crippen LogP) is 5.82. The second kappa shape index (κ2) is 13.9. The number of likely N-dealkylation sites (tertiary alicyclic amines) is 1. The maximum Gasteiger partial charge on any atom is 0.253 e. The lowest BCUT2D eigenvalue weighted by Gasteiger charge is -2.38. The topological polar surface area (TPSA) is 88.8 Å². The fourth-order valence-electron chi connectivity index (χ4n) is 6.88. The number of fused-ring (bicyclic) bond motifs is 2. The van der Waals surface area contributed by atoms with Gasteiger partial charge in [-0.25, -0.2) is 0 Å². The molecule has 1 fully saturated rings. The number of carbonyl (C=O) groups excluding carboxylic acids is 3. The molecule has 240 valence electrons. The average molecular weight is 661 g/mol. The van der Waals surface area contributed by atoms with Crippen molar-refractivity contribution in [2.24, 2.45) is 11.8 Å². The van der Waals surface area contributed by atoms with Crippen LogP contribution in [0.15, 0.2) is 72.9 Å². The molecule has 2 N–H and O–H groups in total. The molecule has 2 aliphatic rings. The van der Waals surface area contributed by atoms with Crippen LogP contribution in [0.1, 0.15) is 34.3 Å². The molecule has 1 saturated heterocycles. The minimum Gasteiger partial charge on any atom is -0.361 e. The first kappa shape index (κ1) is 32.1. The number of para-hydroxylation sites is 1. The normalized spacial score (nSPS) is 17.6. The summed E-state index contributed by atoms with van der Waals surface area (Å²) in [5.74, 6) is -0.451. The zero-order valence-electron chi connectivity index (χ0n) is 26.1. The molecule has 0 aliphatic carbocycles. The Bertz CT molecular complexity index is 1730. The number of nitrogens with zero attached hydrogens (tertiary/aromatic N) is 3. The summed E-state index contributed by atoms with van der Waals surface area (Å²) >= 11 is 12.4. The molecule has 2 aliphatic heterocycles. The molecule has 1 aromatic heterocycles. The molecule has 46 heavy (non-hydrogen) atoms. The monoisotopic (exact) mass is 659 g/mol. The number of halogens is 2. The van der Waals surface area contributed by atoms with Crippen LogP contribution in [0.25, 0.3) is 10.9 Å². The van der Waals surface area contributed by atoms with E-state index in [-0.39, 0.29) is 29.6 Å². The highest BCUT2D eigenvalue weighted by molar-refractivity contribution is 6.31. The van der Waals surface area contributed by atoms with Crippen LogP contribution >= 0.6 is 23.2 Å². The van der Waals surface area contributed by atoms with E-state index in [0.717, 1.165) is 40.7 Å². The number of hydrogen-bond donors (Lipinski definition) is 2. The Kier molecular flexibility index (Phi) is 9.68. The molecule has 0 bridgehead atoms. The van der Waals surface area contributed by atoms with E-state index in [2.05, 4.69) is 15.2 Å². The molecule has 8 nitrogen and oxygen atoms in total. The molecular weight excluding hydrogens is 621 g/mol.